The molecule has 0 aliphatic carbocycles. The number of aryl methyl sites for hydroxylation is 2. The molecule has 1 rings (SSSR count). The fourth-order valence-electron chi connectivity index (χ4n) is 1.68. The van der Waals surface area contributed by atoms with E-state index >= 15 is 0 Å². The highest BCUT2D eigenvalue weighted by Gasteiger charge is 2.07. The summed E-state index contributed by atoms with van der Waals surface area (Å²) in [5, 5.41) is 0. The molecule has 2 nitrogen and oxygen atoms in total. The molecule has 0 saturated carbocycles. The zero-order valence-electron chi connectivity index (χ0n) is 10.1. The zero-order chi connectivity index (χ0) is 11.3. The van der Waals surface area contributed by atoms with E-state index in [0.717, 1.165) is 23.5 Å². The number of hydrogen-bond acceptors (Lipinski definition) is 2. The van der Waals surface area contributed by atoms with Gasteiger partial charge in [-0.05, 0) is 43.0 Å². The van der Waals surface area contributed by atoms with E-state index in [1.807, 2.05) is 13.0 Å². The van der Waals surface area contributed by atoms with Gasteiger partial charge in [0.1, 0.15) is 11.5 Å². The van der Waals surface area contributed by atoms with Crippen LogP contribution in [0.5, 0.6) is 11.5 Å². The molecule has 0 aliphatic rings. The maximum absolute atomic E-state index is 5.37. The lowest BCUT2D eigenvalue weighted by Gasteiger charge is -2.12. The van der Waals surface area contributed by atoms with Crippen LogP contribution in [0.1, 0.15) is 30.9 Å². The highest BCUT2D eigenvalue weighted by Crippen LogP contribution is 2.29. The number of benzene rings is 1. The second kappa shape index (κ2) is 5.64. The van der Waals surface area contributed by atoms with Gasteiger partial charge in [-0.3, -0.25) is 0 Å². The first-order chi connectivity index (χ1) is 7.22. The van der Waals surface area contributed by atoms with Gasteiger partial charge in [-0.15, -0.1) is 0 Å². The Morgan fingerprint density at radius 2 is 1.73 bits per heavy atom. The van der Waals surface area contributed by atoms with Gasteiger partial charge in [0.2, 0.25) is 0 Å². The minimum Gasteiger partial charge on any atom is -0.496 e. The van der Waals surface area contributed by atoms with E-state index in [4.69, 9.17) is 9.47 Å². The van der Waals surface area contributed by atoms with Crippen LogP contribution in [0.2, 0.25) is 0 Å². The lowest BCUT2D eigenvalue weighted by atomic mass is 10.0. The Balaban J connectivity index is 2.99. The van der Waals surface area contributed by atoms with Crippen LogP contribution in [0, 0.1) is 6.92 Å². The Morgan fingerprint density at radius 3 is 2.27 bits per heavy atom. The SMILES string of the molecule is CCCCc1cc(OC)c(C)cc1OC. The third-order valence-electron chi connectivity index (χ3n) is 2.60. The summed E-state index contributed by atoms with van der Waals surface area (Å²) in [7, 11) is 3.43. The lowest BCUT2D eigenvalue weighted by molar-refractivity contribution is 0.396. The topological polar surface area (TPSA) is 18.5 Å². The molecule has 0 amide bonds. The molecule has 0 radical (unpaired) electrons. The van der Waals surface area contributed by atoms with E-state index in [1.54, 1.807) is 14.2 Å². The molecule has 1 aromatic rings. The highest BCUT2D eigenvalue weighted by molar-refractivity contribution is 5.45. The number of unbranched alkanes of at least 4 members (excludes halogenated alkanes) is 1. The van der Waals surface area contributed by atoms with Crippen molar-refractivity contribution in [2.75, 3.05) is 14.2 Å². The minimum absolute atomic E-state index is 0.946. The molecule has 84 valence electrons. The summed E-state index contributed by atoms with van der Waals surface area (Å²) < 4.78 is 10.7. The van der Waals surface area contributed by atoms with Crippen molar-refractivity contribution in [3.63, 3.8) is 0 Å². The van der Waals surface area contributed by atoms with Crippen LogP contribution in [0.15, 0.2) is 12.1 Å². The summed E-state index contributed by atoms with van der Waals surface area (Å²) in [6, 6.07) is 4.13. The van der Waals surface area contributed by atoms with Gasteiger partial charge in [0, 0.05) is 0 Å². The maximum Gasteiger partial charge on any atom is 0.122 e. The van der Waals surface area contributed by atoms with Crippen molar-refractivity contribution in [1.82, 2.24) is 0 Å². The van der Waals surface area contributed by atoms with Gasteiger partial charge in [0.15, 0.2) is 0 Å². The molecule has 0 fully saturated rings. The van der Waals surface area contributed by atoms with Crippen molar-refractivity contribution in [2.45, 2.75) is 33.1 Å². The Hall–Kier alpha value is -1.18. The van der Waals surface area contributed by atoms with Crippen LogP contribution in [-0.4, -0.2) is 14.2 Å². The lowest BCUT2D eigenvalue weighted by Crippen LogP contribution is -1.96. The predicted octanol–water partition coefficient (Wildman–Crippen LogP) is 3.35. The standard InChI is InChI=1S/C13H20O2/c1-5-6-7-11-9-12(14-3)10(2)8-13(11)15-4/h8-9H,5-7H2,1-4H3. The van der Waals surface area contributed by atoms with Crippen molar-refractivity contribution in [3.05, 3.63) is 23.3 Å². The Kier molecular flexibility index (Phi) is 4.47. The molecule has 0 atom stereocenters. The molecular formula is C13H20O2. The maximum atomic E-state index is 5.37. The molecular weight excluding hydrogens is 188 g/mol. The number of rotatable bonds is 5. The predicted molar refractivity (Wildman–Crippen MR) is 62.9 cm³/mol. The highest BCUT2D eigenvalue weighted by atomic mass is 16.5. The van der Waals surface area contributed by atoms with Crippen molar-refractivity contribution in [1.29, 1.82) is 0 Å². The molecule has 0 bridgehead atoms. The van der Waals surface area contributed by atoms with Crippen LogP contribution >= 0.6 is 0 Å². The Labute approximate surface area is 92.2 Å². The second-order valence-corrected chi connectivity index (χ2v) is 3.74. The summed E-state index contributed by atoms with van der Waals surface area (Å²) >= 11 is 0. The van der Waals surface area contributed by atoms with Crippen LogP contribution in [0.3, 0.4) is 0 Å². The number of methoxy groups -OCH3 is 2. The molecule has 0 aliphatic heterocycles. The summed E-state index contributed by atoms with van der Waals surface area (Å²) in [6.07, 6.45) is 3.43. The van der Waals surface area contributed by atoms with Crippen LogP contribution in [-0.2, 0) is 6.42 Å². The van der Waals surface area contributed by atoms with E-state index in [-0.39, 0.29) is 0 Å². The van der Waals surface area contributed by atoms with Crippen molar-refractivity contribution >= 4 is 0 Å². The van der Waals surface area contributed by atoms with Gasteiger partial charge in [-0.2, -0.15) is 0 Å². The smallest absolute Gasteiger partial charge is 0.122 e. The van der Waals surface area contributed by atoms with Gasteiger partial charge in [-0.1, -0.05) is 13.3 Å². The van der Waals surface area contributed by atoms with Crippen molar-refractivity contribution in [2.24, 2.45) is 0 Å². The molecule has 0 heterocycles. The van der Waals surface area contributed by atoms with Gasteiger partial charge in [0.25, 0.3) is 0 Å². The summed E-state index contributed by atoms with van der Waals surface area (Å²) in [4.78, 5) is 0. The van der Waals surface area contributed by atoms with Crippen LogP contribution in [0.25, 0.3) is 0 Å². The Bertz CT molecular complexity index is 319. The van der Waals surface area contributed by atoms with E-state index in [9.17, 15) is 0 Å². The average molecular weight is 208 g/mol. The van der Waals surface area contributed by atoms with Crippen molar-refractivity contribution < 1.29 is 9.47 Å². The van der Waals surface area contributed by atoms with Gasteiger partial charge in [0.05, 0.1) is 14.2 Å². The van der Waals surface area contributed by atoms with Gasteiger partial charge < -0.3 is 9.47 Å². The zero-order valence-corrected chi connectivity index (χ0v) is 10.1. The molecule has 1 aromatic carbocycles. The first-order valence-corrected chi connectivity index (χ1v) is 5.44. The fourth-order valence-corrected chi connectivity index (χ4v) is 1.68. The molecule has 0 N–H and O–H groups in total. The molecule has 0 aromatic heterocycles. The second-order valence-electron chi connectivity index (χ2n) is 3.74. The van der Waals surface area contributed by atoms with E-state index in [1.165, 1.54) is 18.4 Å². The van der Waals surface area contributed by atoms with E-state index in [0.29, 0.717) is 0 Å². The largest absolute Gasteiger partial charge is 0.496 e. The normalized spacial score (nSPS) is 10.1. The molecule has 0 saturated heterocycles. The van der Waals surface area contributed by atoms with Crippen LogP contribution < -0.4 is 9.47 Å². The third-order valence-corrected chi connectivity index (χ3v) is 2.60. The van der Waals surface area contributed by atoms with Crippen molar-refractivity contribution in [3.8, 4) is 11.5 Å². The quantitative estimate of drug-likeness (QED) is 0.738. The fraction of sp³-hybridized carbons (Fsp3) is 0.538. The minimum atomic E-state index is 0.946. The van der Waals surface area contributed by atoms with Crippen LogP contribution in [0.4, 0.5) is 0 Å². The van der Waals surface area contributed by atoms with E-state index < -0.39 is 0 Å². The first kappa shape index (κ1) is 11.9. The monoisotopic (exact) mass is 208 g/mol. The number of ether oxygens (including phenoxy) is 2. The molecule has 0 spiro atoms. The first-order valence-electron chi connectivity index (χ1n) is 5.44. The summed E-state index contributed by atoms with van der Waals surface area (Å²) in [5.74, 6) is 1.92. The van der Waals surface area contributed by atoms with E-state index in [2.05, 4.69) is 13.0 Å². The molecule has 2 heteroatoms. The third kappa shape index (κ3) is 2.88. The summed E-state index contributed by atoms with van der Waals surface area (Å²) in [6.45, 7) is 4.23. The average Bonchev–Trinajstić information content (AvgIpc) is 2.26. The summed E-state index contributed by atoms with van der Waals surface area (Å²) in [5.41, 5.74) is 2.36. The molecule has 0 unspecified atom stereocenters. The Morgan fingerprint density at radius 1 is 1.07 bits per heavy atom. The number of hydrogen-bond donors (Lipinski definition) is 0. The van der Waals surface area contributed by atoms with Gasteiger partial charge in [-0.25, -0.2) is 0 Å². The molecule has 15 heavy (non-hydrogen) atoms. The van der Waals surface area contributed by atoms with Gasteiger partial charge >= 0.3 is 0 Å².